The van der Waals surface area contributed by atoms with Crippen LogP contribution in [0, 0.1) is 20.8 Å². The number of fused-ring (bicyclic) bond motifs is 1. The highest BCUT2D eigenvalue weighted by molar-refractivity contribution is 5.37. The minimum Gasteiger partial charge on any atom is -0.301 e. The molecular formula is C15H22N4. The number of likely N-dealkylation sites (N-methyl/N-ethyl adjacent to an activating group) is 1. The van der Waals surface area contributed by atoms with Crippen molar-refractivity contribution < 1.29 is 0 Å². The molecule has 19 heavy (non-hydrogen) atoms. The van der Waals surface area contributed by atoms with Gasteiger partial charge in [0.05, 0.1) is 12.2 Å². The zero-order chi connectivity index (χ0) is 13.7. The largest absolute Gasteiger partial charge is 0.301 e. The van der Waals surface area contributed by atoms with Crippen LogP contribution in [-0.4, -0.2) is 32.8 Å². The van der Waals surface area contributed by atoms with Crippen molar-refractivity contribution in [3.8, 4) is 5.82 Å². The summed E-state index contributed by atoms with van der Waals surface area (Å²) in [5, 5.41) is 4.79. The van der Waals surface area contributed by atoms with Crippen LogP contribution in [0.3, 0.4) is 0 Å². The van der Waals surface area contributed by atoms with Gasteiger partial charge in [0.1, 0.15) is 0 Å². The van der Waals surface area contributed by atoms with Crippen molar-refractivity contribution in [2.75, 3.05) is 13.6 Å². The summed E-state index contributed by atoms with van der Waals surface area (Å²) in [6.45, 7) is 10.8. The molecule has 2 aromatic heterocycles. The molecule has 0 N–H and O–H groups in total. The summed E-state index contributed by atoms with van der Waals surface area (Å²) >= 11 is 0. The van der Waals surface area contributed by atoms with Crippen LogP contribution >= 0.6 is 0 Å². The third kappa shape index (κ3) is 1.82. The molecule has 0 aromatic carbocycles. The summed E-state index contributed by atoms with van der Waals surface area (Å²) in [7, 11) is 2.18. The molecule has 3 heterocycles. The van der Waals surface area contributed by atoms with Crippen molar-refractivity contribution in [1.82, 2.24) is 19.2 Å². The molecule has 0 saturated carbocycles. The molecular weight excluding hydrogens is 236 g/mol. The molecule has 0 aliphatic carbocycles. The third-order valence-electron chi connectivity index (χ3n) is 4.47. The van der Waals surface area contributed by atoms with Gasteiger partial charge in [-0.1, -0.05) is 0 Å². The van der Waals surface area contributed by atoms with Crippen molar-refractivity contribution in [2.45, 2.75) is 40.3 Å². The van der Waals surface area contributed by atoms with Gasteiger partial charge in [-0.3, -0.25) is 9.58 Å². The Morgan fingerprint density at radius 3 is 2.53 bits per heavy atom. The highest BCUT2D eigenvalue weighted by Crippen LogP contribution is 2.27. The SMILES string of the molecule is Cc1cc(C)n(-c2cc3n(n2)CCN(C)C3C)c1C. The highest BCUT2D eigenvalue weighted by Gasteiger charge is 2.24. The van der Waals surface area contributed by atoms with Crippen LogP contribution in [0.1, 0.15) is 35.6 Å². The van der Waals surface area contributed by atoms with Crippen LogP contribution in [0.2, 0.25) is 0 Å². The summed E-state index contributed by atoms with van der Waals surface area (Å²) in [6.07, 6.45) is 0. The zero-order valence-corrected chi connectivity index (χ0v) is 12.4. The number of rotatable bonds is 1. The number of nitrogens with zero attached hydrogens (tertiary/aromatic N) is 4. The molecule has 0 spiro atoms. The van der Waals surface area contributed by atoms with Gasteiger partial charge < -0.3 is 4.57 Å². The second kappa shape index (κ2) is 4.23. The molecule has 3 rings (SSSR count). The Balaban J connectivity index is 2.11. The first-order chi connectivity index (χ1) is 8.99. The summed E-state index contributed by atoms with van der Waals surface area (Å²) in [5.41, 5.74) is 5.18. The van der Waals surface area contributed by atoms with Crippen molar-refractivity contribution >= 4 is 0 Å². The molecule has 1 unspecified atom stereocenters. The van der Waals surface area contributed by atoms with Gasteiger partial charge in [-0.05, 0) is 46.4 Å². The van der Waals surface area contributed by atoms with E-state index >= 15 is 0 Å². The Bertz CT molecular complexity index is 620. The quantitative estimate of drug-likeness (QED) is 0.786. The van der Waals surface area contributed by atoms with Gasteiger partial charge in [0.25, 0.3) is 0 Å². The molecule has 2 aromatic rings. The predicted molar refractivity (Wildman–Crippen MR) is 76.8 cm³/mol. The average molecular weight is 258 g/mol. The predicted octanol–water partition coefficient (Wildman–Crippen LogP) is 2.61. The Morgan fingerprint density at radius 2 is 1.89 bits per heavy atom. The fourth-order valence-electron chi connectivity index (χ4n) is 2.99. The van der Waals surface area contributed by atoms with E-state index in [0.717, 1.165) is 18.9 Å². The molecule has 1 atom stereocenters. The van der Waals surface area contributed by atoms with Crippen LogP contribution in [0.15, 0.2) is 12.1 Å². The smallest absolute Gasteiger partial charge is 0.159 e. The second-order valence-electron chi connectivity index (χ2n) is 5.70. The van der Waals surface area contributed by atoms with Gasteiger partial charge in [-0.15, -0.1) is 0 Å². The normalized spacial score (nSPS) is 19.7. The van der Waals surface area contributed by atoms with E-state index < -0.39 is 0 Å². The number of aromatic nitrogens is 3. The van der Waals surface area contributed by atoms with E-state index in [1.807, 2.05) is 0 Å². The van der Waals surface area contributed by atoms with Gasteiger partial charge >= 0.3 is 0 Å². The summed E-state index contributed by atoms with van der Waals surface area (Å²) < 4.78 is 4.42. The summed E-state index contributed by atoms with van der Waals surface area (Å²) in [4.78, 5) is 2.38. The van der Waals surface area contributed by atoms with Crippen molar-refractivity contribution in [3.63, 3.8) is 0 Å². The lowest BCUT2D eigenvalue weighted by Gasteiger charge is -2.30. The van der Waals surface area contributed by atoms with Crippen molar-refractivity contribution in [2.24, 2.45) is 0 Å². The maximum atomic E-state index is 4.79. The van der Waals surface area contributed by atoms with Crippen LogP contribution in [0.5, 0.6) is 0 Å². The van der Waals surface area contributed by atoms with E-state index in [4.69, 9.17) is 5.10 Å². The van der Waals surface area contributed by atoms with Gasteiger partial charge in [0.2, 0.25) is 0 Å². The summed E-state index contributed by atoms with van der Waals surface area (Å²) in [5.74, 6) is 1.06. The Kier molecular flexibility index (Phi) is 2.78. The van der Waals surface area contributed by atoms with Crippen molar-refractivity contribution in [3.05, 3.63) is 34.8 Å². The first-order valence-electron chi connectivity index (χ1n) is 6.93. The topological polar surface area (TPSA) is 26.0 Å². The van der Waals surface area contributed by atoms with Crippen LogP contribution in [-0.2, 0) is 6.54 Å². The molecule has 0 radical (unpaired) electrons. The average Bonchev–Trinajstić information content (AvgIpc) is 2.87. The Hall–Kier alpha value is -1.55. The second-order valence-corrected chi connectivity index (χ2v) is 5.70. The number of aryl methyl sites for hydroxylation is 2. The van der Waals surface area contributed by atoms with Crippen LogP contribution in [0.25, 0.3) is 5.82 Å². The Morgan fingerprint density at radius 1 is 1.16 bits per heavy atom. The lowest BCUT2D eigenvalue weighted by molar-refractivity contribution is 0.202. The first kappa shape index (κ1) is 12.5. The zero-order valence-electron chi connectivity index (χ0n) is 12.4. The standard InChI is InChI=1S/C15H22N4/c1-10-8-11(2)19(12(10)3)15-9-14-13(4)17(5)6-7-18(14)16-15/h8-9,13H,6-7H2,1-5H3. The minimum absolute atomic E-state index is 0.437. The number of hydrogen-bond donors (Lipinski definition) is 0. The molecule has 0 bridgehead atoms. The third-order valence-corrected chi connectivity index (χ3v) is 4.47. The van der Waals surface area contributed by atoms with E-state index in [-0.39, 0.29) is 0 Å². The fraction of sp³-hybridized carbons (Fsp3) is 0.533. The van der Waals surface area contributed by atoms with Gasteiger partial charge in [-0.2, -0.15) is 5.10 Å². The highest BCUT2D eigenvalue weighted by atomic mass is 15.4. The Labute approximate surface area is 114 Å². The molecule has 0 fully saturated rings. The lowest BCUT2D eigenvalue weighted by Crippen LogP contribution is -2.33. The van der Waals surface area contributed by atoms with Crippen LogP contribution < -0.4 is 0 Å². The van der Waals surface area contributed by atoms with Gasteiger partial charge in [-0.25, -0.2) is 0 Å². The monoisotopic (exact) mass is 258 g/mol. The summed E-state index contributed by atoms with van der Waals surface area (Å²) in [6, 6.07) is 4.90. The van der Waals surface area contributed by atoms with Crippen molar-refractivity contribution in [1.29, 1.82) is 0 Å². The van der Waals surface area contributed by atoms with E-state index in [9.17, 15) is 0 Å². The van der Waals surface area contributed by atoms with E-state index in [2.05, 4.69) is 61.0 Å². The van der Waals surface area contributed by atoms with E-state index in [1.165, 1.54) is 22.6 Å². The number of hydrogen-bond acceptors (Lipinski definition) is 2. The fourth-order valence-corrected chi connectivity index (χ4v) is 2.99. The maximum absolute atomic E-state index is 4.79. The first-order valence-corrected chi connectivity index (χ1v) is 6.93. The van der Waals surface area contributed by atoms with Crippen LogP contribution in [0.4, 0.5) is 0 Å². The van der Waals surface area contributed by atoms with E-state index in [1.54, 1.807) is 0 Å². The molecule has 0 saturated heterocycles. The molecule has 102 valence electrons. The maximum Gasteiger partial charge on any atom is 0.159 e. The molecule has 4 nitrogen and oxygen atoms in total. The molecule has 0 amide bonds. The molecule has 1 aliphatic rings. The van der Waals surface area contributed by atoms with Gasteiger partial charge in [0.15, 0.2) is 5.82 Å². The molecule has 4 heteroatoms. The van der Waals surface area contributed by atoms with Gasteiger partial charge in [0, 0.05) is 30.0 Å². The van der Waals surface area contributed by atoms with E-state index in [0.29, 0.717) is 6.04 Å². The molecule has 1 aliphatic heterocycles. The minimum atomic E-state index is 0.437. The lowest BCUT2D eigenvalue weighted by atomic mass is 10.1.